The van der Waals surface area contributed by atoms with Crippen molar-refractivity contribution in [1.29, 1.82) is 0 Å². The van der Waals surface area contributed by atoms with Crippen molar-refractivity contribution >= 4 is 21.9 Å². The second kappa shape index (κ2) is 14.7. The molecule has 2 atom stereocenters. The minimum atomic E-state index is -0.612. The van der Waals surface area contributed by atoms with Crippen LogP contribution in [-0.4, -0.2) is 22.9 Å². The fourth-order valence-corrected chi connectivity index (χ4v) is 8.67. The van der Waals surface area contributed by atoms with Crippen LogP contribution in [0.4, 0.5) is 0 Å². The Hall–Kier alpha value is -4.48. The zero-order valence-electron chi connectivity index (χ0n) is 33.6. The molecule has 6 rings (SSSR count). The molecule has 0 aliphatic rings. The highest BCUT2D eigenvalue weighted by molar-refractivity contribution is 5.85. The molecule has 0 aliphatic carbocycles. The molecule has 0 saturated carbocycles. The van der Waals surface area contributed by atoms with E-state index in [4.69, 9.17) is 18.3 Å². The molecule has 2 aromatic heterocycles. The van der Waals surface area contributed by atoms with Gasteiger partial charge in [0.2, 0.25) is 0 Å². The third-order valence-corrected chi connectivity index (χ3v) is 10.7. The molecule has 0 radical (unpaired) electrons. The summed E-state index contributed by atoms with van der Waals surface area (Å²) in [5.74, 6) is 3.26. The molecule has 0 aliphatic heterocycles. The molecule has 4 aromatic carbocycles. The van der Waals surface area contributed by atoms with E-state index in [-0.39, 0.29) is 6.10 Å². The molecule has 1 N–H and O–H groups in total. The van der Waals surface area contributed by atoms with Gasteiger partial charge in [0.1, 0.15) is 39.8 Å². The lowest BCUT2D eigenvalue weighted by atomic mass is 9.66. The lowest BCUT2D eigenvalue weighted by molar-refractivity contribution is -0.0831. The molecule has 0 fully saturated rings. The highest BCUT2D eigenvalue weighted by atomic mass is 16.5. The van der Waals surface area contributed by atoms with Gasteiger partial charge in [-0.15, -0.1) is 0 Å². The van der Waals surface area contributed by atoms with Crippen molar-refractivity contribution in [2.45, 2.75) is 120 Å². The van der Waals surface area contributed by atoms with Gasteiger partial charge in [-0.05, 0) is 119 Å². The average Bonchev–Trinajstić information content (AvgIpc) is 3.70. The number of aliphatic hydroxyl groups is 1. The van der Waals surface area contributed by atoms with E-state index in [2.05, 4.69) is 137 Å². The Morgan fingerprint density at radius 1 is 0.623 bits per heavy atom. The molecule has 5 nitrogen and oxygen atoms in total. The van der Waals surface area contributed by atoms with Gasteiger partial charge in [-0.25, -0.2) is 0 Å². The highest BCUT2D eigenvalue weighted by Gasteiger charge is 2.44. The molecule has 2 unspecified atom stereocenters. The predicted octanol–water partition coefficient (Wildman–Crippen LogP) is 13.1. The number of ether oxygens (including phenoxy) is 2. The summed E-state index contributed by atoms with van der Waals surface area (Å²) in [5, 5.41) is 14.0. The van der Waals surface area contributed by atoms with Gasteiger partial charge in [-0.2, -0.15) is 0 Å². The maximum Gasteiger partial charge on any atom is 0.138 e. The molecular formula is C48H58O5. The lowest BCUT2D eigenvalue weighted by Crippen LogP contribution is -2.47. The smallest absolute Gasteiger partial charge is 0.138 e. The van der Waals surface area contributed by atoms with Crippen LogP contribution in [0.25, 0.3) is 44.6 Å². The number of furan rings is 2. The van der Waals surface area contributed by atoms with Crippen LogP contribution in [0.3, 0.4) is 0 Å². The number of aryl methyl sites for hydroxylation is 4. The van der Waals surface area contributed by atoms with E-state index < -0.39 is 22.5 Å². The van der Waals surface area contributed by atoms with E-state index >= 15 is 0 Å². The summed E-state index contributed by atoms with van der Waals surface area (Å²) in [6.07, 6.45) is 2.46. The Bertz CT molecular complexity index is 2210. The maximum atomic E-state index is 11.9. The topological polar surface area (TPSA) is 65.0 Å². The van der Waals surface area contributed by atoms with Crippen LogP contribution in [-0.2, 0) is 12.8 Å². The van der Waals surface area contributed by atoms with Gasteiger partial charge in [0, 0.05) is 34.0 Å². The van der Waals surface area contributed by atoms with E-state index in [1.807, 2.05) is 24.3 Å². The zero-order valence-corrected chi connectivity index (χ0v) is 33.6. The SMILES string of the molecule is CCc1cc(C)ccc1-c1cc2ccc(OC(C)CC(C)(C)C(O)C(C)(C)CC(C)(C)Oc3ccc4cc(-c5ccc(C)cc5CC)oc4c3)cc2o1. The van der Waals surface area contributed by atoms with Crippen LogP contribution in [0.1, 0.15) is 97.4 Å². The Kier molecular flexibility index (Phi) is 10.6. The van der Waals surface area contributed by atoms with E-state index in [9.17, 15) is 5.11 Å². The molecular weight excluding hydrogens is 657 g/mol. The highest BCUT2D eigenvalue weighted by Crippen LogP contribution is 2.44. The molecule has 0 amide bonds. The maximum absolute atomic E-state index is 11.9. The predicted molar refractivity (Wildman–Crippen MR) is 219 cm³/mol. The van der Waals surface area contributed by atoms with E-state index in [0.29, 0.717) is 12.8 Å². The lowest BCUT2D eigenvalue weighted by Gasteiger charge is -2.45. The van der Waals surface area contributed by atoms with E-state index in [0.717, 1.165) is 68.9 Å². The minimum Gasteiger partial charge on any atom is -0.491 e. The summed E-state index contributed by atoms with van der Waals surface area (Å²) in [6, 6.07) is 29.4. The van der Waals surface area contributed by atoms with Gasteiger partial charge in [-0.3, -0.25) is 0 Å². The molecule has 6 aromatic rings. The van der Waals surface area contributed by atoms with Crippen LogP contribution in [0.15, 0.2) is 93.8 Å². The Morgan fingerprint density at radius 2 is 1.11 bits per heavy atom. The van der Waals surface area contributed by atoms with Crippen molar-refractivity contribution in [3.8, 4) is 34.1 Å². The monoisotopic (exact) mass is 714 g/mol. The molecule has 5 heteroatoms. The van der Waals surface area contributed by atoms with Gasteiger partial charge in [0.05, 0.1) is 12.2 Å². The molecule has 280 valence electrons. The average molecular weight is 715 g/mol. The Balaban J connectivity index is 1.10. The summed E-state index contributed by atoms with van der Waals surface area (Å²) < 4.78 is 25.8. The quantitative estimate of drug-likeness (QED) is 0.122. The first-order valence-electron chi connectivity index (χ1n) is 19.3. The number of aliphatic hydroxyl groups excluding tert-OH is 1. The van der Waals surface area contributed by atoms with Gasteiger partial charge >= 0.3 is 0 Å². The van der Waals surface area contributed by atoms with E-state index in [1.54, 1.807) is 0 Å². The van der Waals surface area contributed by atoms with Crippen molar-refractivity contribution in [1.82, 2.24) is 0 Å². The summed E-state index contributed by atoms with van der Waals surface area (Å²) in [4.78, 5) is 0. The summed E-state index contributed by atoms with van der Waals surface area (Å²) in [5.41, 5.74) is 7.50. The minimum absolute atomic E-state index is 0.131. The molecule has 0 spiro atoms. The third-order valence-electron chi connectivity index (χ3n) is 10.7. The van der Waals surface area contributed by atoms with Gasteiger partial charge in [0.15, 0.2) is 0 Å². The van der Waals surface area contributed by atoms with Crippen LogP contribution in [0, 0.1) is 24.7 Å². The Morgan fingerprint density at radius 3 is 1.62 bits per heavy atom. The van der Waals surface area contributed by atoms with Crippen molar-refractivity contribution in [2.24, 2.45) is 10.8 Å². The zero-order chi connectivity index (χ0) is 38.3. The van der Waals surface area contributed by atoms with Crippen molar-refractivity contribution < 1.29 is 23.4 Å². The number of rotatable bonds is 14. The van der Waals surface area contributed by atoms with Crippen molar-refractivity contribution in [3.63, 3.8) is 0 Å². The second-order valence-electron chi connectivity index (χ2n) is 17.2. The van der Waals surface area contributed by atoms with Crippen LogP contribution < -0.4 is 9.47 Å². The largest absolute Gasteiger partial charge is 0.491 e. The second-order valence-corrected chi connectivity index (χ2v) is 17.2. The van der Waals surface area contributed by atoms with Crippen molar-refractivity contribution in [3.05, 3.63) is 107 Å². The molecule has 0 bridgehead atoms. The van der Waals surface area contributed by atoms with Gasteiger partial charge < -0.3 is 23.4 Å². The normalized spacial score (nSPS) is 13.8. The van der Waals surface area contributed by atoms with E-state index in [1.165, 1.54) is 22.3 Å². The summed E-state index contributed by atoms with van der Waals surface area (Å²) in [6.45, 7) is 23.4. The molecule has 0 saturated heterocycles. The van der Waals surface area contributed by atoms with Gasteiger partial charge in [-0.1, -0.05) is 89.1 Å². The summed E-state index contributed by atoms with van der Waals surface area (Å²) in [7, 11) is 0. The van der Waals surface area contributed by atoms with Crippen LogP contribution >= 0.6 is 0 Å². The fourth-order valence-electron chi connectivity index (χ4n) is 8.67. The first-order chi connectivity index (χ1) is 25.0. The molecule has 2 heterocycles. The number of fused-ring (bicyclic) bond motifs is 2. The Labute approximate surface area is 316 Å². The van der Waals surface area contributed by atoms with Crippen LogP contribution in [0.2, 0.25) is 0 Å². The fraction of sp³-hybridized carbons (Fsp3) is 0.417. The van der Waals surface area contributed by atoms with Gasteiger partial charge in [0.25, 0.3) is 0 Å². The first-order valence-corrected chi connectivity index (χ1v) is 19.3. The van der Waals surface area contributed by atoms with Crippen molar-refractivity contribution in [2.75, 3.05) is 0 Å². The number of hydrogen-bond donors (Lipinski definition) is 1. The number of hydrogen-bond acceptors (Lipinski definition) is 5. The number of benzene rings is 4. The van der Waals surface area contributed by atoms with Crippen LogP contribution in [0.5, 0.6) is 11.5 Å². The first kappa shape index (κ1) is 38.3. The standard InChI is InChI=1S/C48H58O5/c1-12-33-22-30(3)14-20-39(33)43-24-35-16-18-37(26-41(35)51-43)50-32(5)28-46(6,7)45(49)47(8,9)29-48(10,11)53-38-19-17-36-25-44(52-42(36)27-38)40-21-15-31(4)23-34(40)13-2/h14-27,32,45,49H,12-13,28-29H2,1-11H3. The molecule has 53 heavy (non-hydrogen) atoms. The summed E-state index contributed by atoms with van der Waals surface area (Å²) >= 11 is 0. The third kappa shape index (κ3) is 8.52.